The van der Waals surface area contributed by atoms with E-state index in [1.165, 1.54) is 17.1 Å². The highest BCUT2D eigenvalue weighted by Crippen LogP contribution is 2.19. The zero-order valence-corrected chi connectivity index (χ0v) is 16.5. The fraction of sp³-hybridized carbons (Fsp3) is 0.526. The Kier molecular flexibility index (Phi) is 6.82. The van der Waals surface area contributed by atoms with Crippen molar-refractivity contribution in [3.05, 3.63) is 41.7 Å². The fourth-order valence-electron chi connectivity index (χ4n) is 2.99. The predicted molar refractivity (Wildman–Crippen MR) is 109 cm³/mol. The van der Waals surface area contributed by atoms with E-state index in [-0.39, 0.29) is 0 Å². The summed E-state index contributed by atoms with van der Waals surface area (Å²) in [5, 5.41) is 4.49. The normalized spacial score (nSPS) is 15.4. The molecule has 0 radical (unpaired) electrons. The van der Waals surface area contributed by atoms with Crippen LogP contribution in [-0.2, 0) is 12.8 Å². The van der Waals surface area contributed by atoms with Crippen LogP contribution in [-0.4, -0.2) is 59.5 Å². The summed E-state index contributed by atoms with van der Waals surface area (Å²) in [6.45, 7) is 9.75. The van der Waals surface area contributed by atoms with Crippen LogP contribution in [0, 0.1) is 0 Å². The van der Waals surface area contributed by atoms with Crippen molar-refractivity contribution in [2.45, 2.75) is 26.7 Å². The van der Waals surface area contributed by atoms with Crippen molar-refractivity contribution in [2.75, 3.05) is 44.2 Å². The second-order valence-corrected chi connectivity index (χ2v) is 7.02. The molecule has 1 N–H and O–H groups in total. The number of hydrogen-bond acceptors (Lipinski definition) is 5. The molecule has 1 fully saturated rings. The van der Waals surface area contributed by atoms with Gasteiger partial charge in [0, 0.05) is 57.2 Å². The molecule has 6 nitrogen and oxygen atoms in total. The number of aryl methyl sites for hydroxylation is 1. The number of piperazine rings is 1. The standard InChI is InChI=1S/C19H28N6S/c1-3-17-22-19(26-23-17)25-14-12-24(13-15-25)18(20-4-2)21-11-10-16-8-6-5-7-9-16/h5-9H,3-4,10-15H2,1-2H3,(H,20,21). The van der Waals surface area contributed by atoms with Gasteiger partial charge >= 0.3 is 0 Å². The molecule has 0 bridgehead atoms. The van der Waals surface area contributed by atoms with Gasteiger partial charge in [-0.05, 0) is 18.9 Å². The molecule has 1 saturated heterocycles. The lowest BCUT2D eigenvalue weighted by atomic mass is 10.2. The number of rotatable bonds is 6. The Morgan fingerprint density at radius 2 is 1.92 bits per heavy atom. The maximum Gasteiger partial charge on any atom is 0.205 e. The minimum Gasteiger partial charge on any atom is -0.357 e. The number of aromatic nitrogens is 2. The number of aliphatic imine (C=N–C) groups is 1. The number of nitrogens with one attached hydrogen (secondary N) is 1. The van der Waals surface area contributed by atoms with Crippen LogP contribution in [0.5, 0.6) is 0 Å². The second-order valence-electron chi connectivity index (χ2n) is 6.29. The van der Waals surface area contributed by atoms with Gasteiger partial charge in [-0.25, -0.2) is 4.98 Å². The maximum absolute atomic E-state index is 4.84. The molecule has 0 unspecified atom stereocenters. The number of benzene rings is 1. The lowest BCUT2D eigenvalue weighted by Crippen LogP contribution is -2.52. The summed E-state index contributed by atoms with van der Waals surface area (Å²) in [5.41, 5.74) is 1.33. The van der Waals surface area contributed by atoms with E-state index in [0.717, 1.165) is 69.0 Å². The average Bonchev–Trinajstić information content (AvgIpc) is 3.18. The third-order valence-electron chi connectivity index (χ3n) is 4.46. The van der Waals surface area contributed by atoms with E-state index in [1.54, 1.807) is 0 Å². The van der Waals surface area contributed by atoms with Crippen LogP contribution in [0.2, 0.25) is 0 Å². The van der Waals surface area contributed by atoms with Crippen molar-refractivity contribution in [3.8, 4) is 0 Å². The van der Waals surface area contributed by atoms with Crippen molar-refractivity contribution in [1.29, 1.82) is 0 Å². The van der Waals surface area contributed by atoms with Crippen LogP contribution in [0.15, 0.2) is 35.3 Å². The Hall–Kier alpha value is -2.15. The largest absolute Gasteiger partial charge is 0.357 e. The second kappa shape index (κ2) is 9.52. The summed E-state index contributed by atoms with van der Waals surface area (Å²) in [6.07, 6.45) is 1.87. The molecule has 1 aliphatic rings. The first-order valence-electron chi connectivity index (χ1n) is 9.45. The summed E-state index contributed by atoms with van der Waals surface area (Å²) in [7, 11) is 0. The van der Waals surface area contributed by atoms with Gasteiger partial charge in [-0.2, -0.15) is 4.37 Å². The molecule has 0 spiro atoms. The lowest BCUT2D eigenvalue weighted by molar-refractivity contribution is 0.372. The Morgan fingerprint density at radius 3 is 2.58 bits per heavy atom. The van der Waals surface area contributed by atoms with Gasteiger partial charge in [-0.1, -0.05) is 37.3 Å². The van der Waals surface area contributed by atoms with E-state index < -0.39 is 0 Å². The van der Waals surface area contributed by atoms with Crippen molar-refractivity contribution in [3.63, 3.8) is 0 Å². The molecule has 0 amide bonds. The van der Waals surface area contributed by atoms with E-state index in [2.05, 4.69) is 68.7 Å². The molecule has 2 aromatic rings. The van der Waals surface area contributed by atoms with Crippen molar-refractivity contribution < 1.29 is 0 Å². The Bertz CT molecular complexity index is 691. The quantitative estimate of drug-likeness (QED) is 0.623. The minimum atomic E-state index is 0.808. The molecule has 1 aliphatic heterocycles. The van der Waals surface area contributed by atoms with Crippen molar-refractivity contribution >= 4 is 22.6 Å². The Balaban J connectivity index is 1.54. The molecule has 0 aliphatic carbocycles. The zero-order valence-electron chi connectivity index (χ0n) is 15.7. The SMILES string of the molecule is CCNC(=NCCc1ccccc1)N1CCN(c2nc(CC)ns2)CC1. The third-order valence-corrected chi connectivity index (χ3v) is 5.28. The molecule has 3 rings (SSSR count). The first-order chi connectivity index (χ1) is 12.8. The number of hydrogen-bond donors (Lipinski definition) is 1. The molecule has 1 aromatic heterocycles. The van der Waals surface area contributed by atoms with Gasteiger partial charge < -0.3 is 15.1 Å². The average molecular weight is 373 g/mol. The predicted octanol–water partition coefficient (Wildman–Crippen LogP) is 2.43. The van der Waals surface area contributed by atoms with E-state index in [0.29, 0.717) is 0 Å². The van der Waals surface area contributed by atoms with Gasteiger partial charge in [-0.3, -0.25) is 4.99 Å². The van der Waals surface area contributed by atoms with Crippen molar-refractivity contribution in [1.82, 2.24) is 19.6 Å². The molecule has 2 heterocycles. The van der Waals surface area contributed by atoms with Gasteiger partial charge in [0.2, 0.25) is 5.13 Å². The summed E-state index contributed by atoms with van der Waals surface area (Å²) >= 11 is 1.51. The molecule has 0 atom stereocenters. The number of anilines is 1. The third kappa shape index (κ3) is 4.94. The molecule has 26 heavy (non-hydrogen) atoms. The van der Waals surface area contributed by atoms with Crippen LogP contribution < -0.4 is 10.2 Å². The molecule has 7 heteroatoms. The highest BCUT2D eigenvalue weighted by Gasteiger charge is 2.21. The van der Waals surface area contributed by atoms with Gasteiger partial charge in [0.25, 0.3) is 0 Å². The summed E-state index contributed by atoms with van der Waals surface area (Å²) < 4.78 is 4.40. The van der Waals surface area contributed by atoms with E-state index in [9.17, 15) is 0 Å². The maximum atomic E-state index is 4.84. The number of guanidine groups is 1. The monoisotopic (exact) mass is 372 g/mol. The summed E-state index contributed by atoms with van der Waals surface area (Å²) in [5.74, 6) is 1.97. The van der Waals surface area contributed by atoms with Crippen LogP contribution in [0.3, 0.4) is 0 Å². The number of nitrogens with zero attached hydrogens (tertiary/aromatic N) is 5. The van der Waals surface area contributed by atoms with E-state index >= 15 is 0 Å². The van der Waals surface area contributed by atoms with Crippen LogP contribution in [0.4, 0.5) is 5.13 Å². The van der Waals surface area contributed by atoms with E-state index in [4.69, 9.17) is 4.99 Å². The Labute approximate surface area is 160 Å². The van der Waals surface area contributed by atoms with Gasteiger partial charge in [0.1, 0.15) is 5.82 Å². The summed E-state index contributed by atoms with van der Waals surface area (Å²) in [4.78, 5) is 14.1. The minimum absolute atomic E-state index is 0.808. The van der Waals surface area contributed by atoms with E-state index in [1.807, 2.05) is 0 Å². The first-order valence-corrected chi connectivity index (χ1v) is 10.2. The smallest absolute Gasteiger partial charge is 0.205 e. The molecule has 0 saturated carbocycles. The van der Waals surface area contributed by atoms with Crippen LogP contribution >= 0.6 is 11.5 Å². The van der Waals surface area contributed by atoms with Crippen molar-refractivity contribution in [2.24, 2.45) is 4.99 Å². The van der Waals surface area contributed by atoms with Gasteiger partial charge in [0.15, 0.2) is 5.96 Å². The van der Waals surface area contributed by atoms with Gasteiger partial charge in [0.05, 0.1) is 0 Å². The lowest BCUT2D eigenvalue weighted by Gasteiger charge is -2.36. The highest BCUT2D eigenvalue weighted by molar-refractivity contribution is 7.09. The zero-order chi connectivity index (χ0) is 18.2. The highest BCUT2D eigenvalue weighted by atomic mass is 32.1. The molecular weight excluding hydrogens is 344 g/mol. The summed E-state index contributed by atoms with van der Waals surface area (Å²) in [6, 6.07) is 10.5. The first kappa shape index (κ1) is 18.6. The molecular formula is C19H28N6S. The molecule has 1 aromatic carbocycles. The fourth-order valence-corrected chi connectivity index (χ4v) is 3.79. The van der Waals surface area contributed by atoms with Crippen LogP contribution in [0.1, 0.15) is 25.2 Å². The topological polar surface area (TPSA) is 56.7 Å². The Morgan fingerprint density at radius 1 is 1.15 bits per heavy atom. The molecule has 140 valence electrons. The van der Waals surface area contributed by atoms with Crippen LogP contribution in [0.25, 0.3) is 0 Å². The van der Waals surface area contributed by atoms with Gasteiger partial charge in [-0.15, -0.1) is 0 Å².